The quantitative estimate of drug-likeness (QED) is 0.695. The van der Waals surface area contributed by atoms with Gasteiger partial charge in [-0.3, -0.25) is 9.67 Å². The lowest BCUT2D eigenvalue weighted by molar-refractivity contribution is 0.0599. The Morgan fingerprint density at radius 1 is 1.22 bits per heavy atom. The molecule has 2 aromatic heterocycles. The molecule has 0 aliphatic carbocycles. The van der Waals surface area contributed by atoms with Crippen LogP contribution in [-0.2, 0) is 18.2 Å². The van der Waals surface area contributed by atoms with E-state index in [9.17, 15) is 4.79 Å². The number of methoxy groups -OCH3 is 1. The lowest BCUT2D eigenvalue weighted by Gasteiger charge is -2.05. The average Bonchev–Trinajstić information content (AvgIpc) is 2.96. The van der Waals surface area contributed by atoms with Crippen molar-refractivity contribution in [1.29, 1.82) is 0 Å². The molecule has 0 fully saturated rings. The van der Waals surface area contributed by atoms with Crippen LogP contribution < -0.4 is 0 Å². The highest BCUT2D eigenvalue weighted by molar-refractivity contribution is 5.90. The second-order valence-corrected chi connectivity index (χ2v) is 5.21. The van der Waals surface area contributed by atoms with E-state index in [0.717, 1.165) is 22.5 Å². The minimum atomic E-state index is -0.360. The van der Waals surface area contributed by atoms with Gasteiger partial charge in [0.1, 0.15) is 0 Å². The van der Waals surface area contributed by atoms with Gasteiger partial charge in [0, 0.05) is 25.9 Å². The monoisotopic (exact) mass is 307 g/mol. The van der Waals surface area contributed by atoms with Crippen LogP contribution in [0.5, 0.6) is 0 Å². The van der Waals surface area contributed by atoms with Crippen molar-refractivity contribution in [1.82, 2.24) is 14.8 Å². The molecular weight excluding hydrogens is 290 g/mol. The van der Waals surface area contributed by atoms with E-state index in [1.165, 1.54) is 7.11 Å². The van der Waals surface area contributed by atoms with Crippen molar-refractivity contribution in [3.63, 3.8) is 0 Å². The summed E-state index contributed by atoms with van der Waals surface area (Å²) in [6.45, 7) is 0. The van der Waals surface area contributed by atoms with Crippen LogP contribution in [0.25, 0.3) is 11.3 Å². The van der Waals surface area contributed by atoms with Crippen molar-refractivity contribution >= 4 is 5.97 Å². The summed E-state index contributed by atoms with van der Waals surface area (Å²) in [5.41, 5.74) is 4.34. The fourth-order valence-corrected chi connectivity index (χ4v) is 2.56. The van der Waals surface area contributed by atoms with Crippen LogP contribution in [0.2, 0.25) is 0 Å². The molecular formula is C18H17N3O2. The Bertz CT molecular complexity index is 825. The molecule has 5 nitrogen and oxygen atoms in total. The number of hydrogen-bond acceptors (Lipinski definition) is 4. The summed E-state index contributed by atoms with van der Waals surface area (Å²) in [6, 6.07) is 13.8. The number of carbonyl (C=O) groups is 1. The van der Waals surface area contributed by atoms with Gasteiger partial charge in [-0.25, -0.2) is 4.79 Å². The number of esters is 1. The van der Waals surface area contributed by atoms with Gasteiger partial charge in [0.15, 0.2) is 0 Å². The summed E-state index contributed by atoms with van der Waals surface area (Å²) >= 11 is 0. The van der Waals surface area contributed by atoms with E-state index in [1.807, 2.05) is 48.1 Å². The van der Waals surface area contributed by atoms with Crippen molar-refractivity contribution in [3.8, 4) is 11.3 Å². The Kier molecular flexibility index (Phi) is 4.19. The summed E-state index contributed by atoms with van der Waals surface area (Å²) in [7, 11) is 3.29. The zero-order valence-electron chi connectivity index (χ0n) is 13.1. The van der Waals surface area contributed by atoms with Gasteiger partial charge in [-0.2, -0.15) is 5.10 Å². The molecule has 0 radical (unpaired) electrons. The molecule has 0 aliphatic heterocycles. The van der Waals surface area contributed by atoms with Crippen LogP contribution in [-0.4, -0.2) is 27.8 Å². The first kappa shape index (κ1) is 15.0. The first-order valence-corrected chi connectivity index (χ1v) is 7.28. The fourth-order valence-electron chi connectivity index (χ4n) is 2.56. The van der Waals surface area contributed by atoms with E-state index in [4.69, 9.17) is 4.74 Å². The maximum absolute atomic E-state index is 11.8. The zero-order valence-corrected chi connectivity index (χ0v) is 13.1. The van der Waals surface area contributed by atoms with E-state index >= 15 is 0 Å². The predicted molar refractivity (Wildman–Crippen MR) is 87.0 cm³/mol. The van der Waals surface area contributed by atoms with Gasteiger partial charge in [0.05, 0.1) is 24.1 Å². The number of aryl methyl sites for hydroxylation is 1. The topological polar surface area (TPSA) is 57.0 Å². The van der Waals surface area contributed by atoms with Crippen molar-refractivity contribution < 1.29 is 9.53 Å². The van der Waals surface area contributed by atoms with Gasteiger partial charge in [0.2, 0.25) is 0 Å². The zero-order chi connectivity index (χ0) is 16.2. The van der Waals surface area contributed by atoms with Crippen molar-refractivity contribution in [2.24, 2.45) is 7.05 Å². The Morgan fingerprint density at radius 3 is 2.74 bits per heavy atom. The van der Waals surface area contributed by atoms with Crippen molar-refractivity contribution in [3.05, 3.63) is 71.7 Å². The molecule has 0 saturated carbocycles. The molecule has 0 saturated heterocycles. The van der Waals surface area contributed by atoms with Crippen LogP contribution in [0.3, 0.4) is 0 Å². The third-order valence-electron chi connectivity index (χ3n) is 3.68. The molecule has 116 valence electrons. The highest BCUT2D eigenvalue weighted by Crippen LogP contribution is 2.21. The van der Waals surface area contributed by atoms with E-state index in [1.54, 1.807) is 18.5 Å². The molecule has 0 aliphatic rings. The maximum atomic E-state index is 11.8. The van der Waals surface area contributed by atoms with E-state index < -0.39 is 0 Å². The Labute approximate surface area is 134 Å². The number of carbonyl (C=O) groups excluding carboxylic acids is 1. The predicted octanol–water partition coefficient (Wildman–Crippen LogP) is 2.86. The standard InChI is InChI=1S/C18H17N3O2/c1-21-17(13-6-4-3-5-7-13)11-15(20-21)10-14-12-19-9-8-16(14)18(22)23-2/h3-9,11-12H,10H2,1-2H3. The number of rotatable bonds is 4. The normalized spacial score (nSPS) is 10.5. The smallest absolute Gasteiger partial charge is 0.338 e. The summed E-state index contributed by atoms with van der Waals surface area (Å²) in [6.07, 6.45) is 3.80. The molecule has 2 heterocycles. The minimum Gasteiger partial charge on any atom is -0.465 e. The van der Waals surface area contributed by atoms with Gasteiger partial charge in [-0.05, 0) is 23.3 Å². The second-order valence-electron chi connectivity index (χ2n) is 5.21. The lowest BCUT2D eigenvalue weighted by atomic mass is 10.0. The Balaban J connectivity index is 1.92. The maximum Gasteiger partial charge on any atom is 0.338 e. The van der Waals surface area contributed by atoms with Crippen LogP contribution in [0.1, 0.15) is 21.6 Å². The van der Waals surface area contributed by atoms with Crippen LogP contribution >= 0.6 is 0 Å². The molecule has 0 N–H and O–H groups in total. The average molecular weight is 307 g/mol. The number of nitrogens with zero attached hydrogens (tertiary/aromatic N) is 3. The van der Waals surface area contributed by atoms with E-state index in [2.05, 4.69) is 10.1 Å². The van der Waals surface area contributed by atoms with Gasteiger partial charge >= 0.3 is 5.97 Å². The largest absolute Gasteiger partial charge is 0.465 e. The van der Waals surface area contributed by atoms with E-state index in [0.29, 0.717) is 12.0 Å². The molecule has 3 aromatic rings. The number of ether oxygens (including phenoxy) is 1. The van der Waals surface area contributed by atoms with Crippen molar-refractivity contribution in [2.45, 2.75) is 6.42 Å². The molecule has 0 atom stereocenters. The third-order valence-corrected chi connectivity index (χ3v) is 3.68. The highest BCUT2D eigenvalue weighted by Gasteiger charge is 2.14. The summed E-state index contributed by atoms with van der Waals surface area (Å²) < 4.78 is 6.67. The van der Waals surface area contributed by atoms with Gasteiger partial charge in [-0.15, -0.1) is 0 Å². The molecule has 0 spiro atoms. The van der Waals surface area contributed by atoms with Crippen LogP contribution in [0.4, 0.5) is 0 Å². The van der Waals surface area contributed by atoms with Gasteiger partial charge in [-0.1, -0.05) is 30.3 Å². The molecule has 0 amide bonds. The van der Waals surface area contributed by atoms with Crippen LogP contribution in [0.15, 0.2) is 54.9 Å². The molecule has 5 heteroatoms. The molecule has 0 bridgehead atoms. The Morgan fingerprint density at radius 2 is 2.00 bits per heavy atom. The third kappa shape index (κ3) is 3.13. The summed E-state index contributed by atoms with van der Waals surface area (Å²) in [4.78, 5) is 15.9. The summed E-state index contributed by atoms with van der Waals surface area (Å²) in [5.74, 6) is -0.360. The fraction of sp³-hybridized carbons (Fsp3) is 0.167. The first-order valence-electron chi connectivity index (χ1n) is 7.28. The SMILES string of the molecule is COC(=O)c1ccncc1Cc1cc(-c2ccccc2)n(C)n1. The molecule has 0 unspecified atom stereocenters. The van der Waals surface area contributed by atoms with Crippen molar-refractivity contribution in [2.75, 3.05) is 7.11 Å². The van der Waals surface area contributed by atoms with Crippen LogP contribution in [0, 0.1) is 0 Å². The number of hydrogen-bond donors (Lipinski definition) is 0. The minimum absolute atomic E-state index is 0.360. The Hall–Kier alpha value is -2.95. The number of pyridine rings is 1. The number of benzene rings is 1. The van der Waals surface area contributed by atoms with E-state index in [-0.39, 0.29) is 5.97 Å². The van der Waals surface area contributed by atoms with Gasteiger partial charge < -0.3 is 4.74 Å². The van der Waals surface area contributed by atoms with Gasteiger partial charge in [0.25, 0.3) is 0 Å². The first-order chi connectivity index (χ1) is 11.2. The molecule has 1 aromatic carbocycles. The summed E-state index contributed by atoms with van der Waals surface area (Å²) in [5, 5.41) is 4.55. The lowest BCUT2D eigenvalue weighted by Crippen LogP contribution is -2.07. The highest BCUT2D eigenvalue weighted by atomic mass is 16.5. The number of aromatic nitrogens is 3. The molecule has 23 heavy (non-hydrogen) atoms. The molecule has 3 rings (SSSR count). The second kappa shape index (κ2) is 6.44.